The minimum atomic E-state index is -0.395. The highest BCUT2D eigenvalue weighted by molar-refractivity contribution is 5.21. The summed E-state index contributed by atoms with van der Waals surface area (Å²) in [7, 11) is 0. The van der Waals surface area contributed by atoms with Gasteiger partial charge in [0.2, 0.25) is 0 Å². The lowest BCUT2D eigenvalue weighted by Gasteiger charge is -2.34. The number of aliphatic hydroxyl groups is 1. The van der Waals surface area contributed by atoms with Gasteiger partial charge in [0, 0.05) is 5.69 Å². The molecule has 0 radical (unpaired) electrons. The molecule has 0 aliphatic heterocycles. The molecule has 1 aliphatic carbocycles. The lowest BCUT2D eigenvalue weighted by Crippen LogP contribution is -2.25. The van der Waals surface area contributed by atoms with E-state index in [-0.39, 0.29) is 0 Å². The van der Waals surface area contributed by atoms with E-state index < -0.39 is 6.10 Å². The normalized spacial score (nSPS) is 30.2. The monoisotopic (exact) mass is 247 g/mol. The second kappa shape index (κ2) is 5.40. The zero-order chi connectivity index (χ0) is 13.3. The molecule has 1 fully saturated rings. The summed E-state index contributed by atoms with van der Waals surface area (Å²) in [4.78, 5) is 4.51. The molecule has 1 aromatic heterocycles. The Bertz CT molecular complexity index is 385. The first-order valence-electron chi connectivity index (χ1n) is 7.09. The smallest absolute Gasteiger partial charge is 0.0988 e. The molecular weight excluding hydrogens is 222 g/mol. The van der Waals surface area contributed by atoms with E-state index in [1.807, 2.05) is 13.0 Å². The van der Waals surface area contributed by atoms with Crippen LogP contribution in [0.5, 0.6) is 0 Å². The van der Waals surface area contributed by atoms with Crippen molar-refractivity contribution in [3.05, 3.63) is 29.1 Å². The van der Waals surface area contributed by atoms with Gasteiger partial charge in [-0.3, -0.25) is 4.98 Å². The molecule has 0 aromatic carbocycles. The minimum Gasteiger partial charge on any atom is -0.387 e. The van der Waals surface area contributed by atoms with Gasteiger partial charge in [0.1, 0.15) is 0 Å². The third-order valence-corrected chi connectivity index (χ3v) is 4.08. The first-order chi connectivity index (χ1) is 8.45. The van der Waals surface area contributed by atoms with Gasteiger partial charge in [-0.25, -0.2) is 0 Å². The van der Waals surface area contributed by atoms with Gasteiger partial charge >= 0.3 is 0 Å². The van der Waals surface area contributed by atoms with Crippen LogP contribution in [0.25, 0.3) is 0 Å². The molecule has 3 unspecified atom stereocenters. The molecule has 0 saturated heterocycles. The van der Waals surface area contributed by atoms with Gasteiger partial charge in [0.05, 0.1) is 11.8 Å². The molecule has 3 atom stereocenters. The summed E-state index contributed by atoms with van der Waals surface area (Å²) >= 11 is 0. The zero-order valence-electron chi connectivity index (χ0n) is 12.0. The Balaban J connectivity index is 2.17. The summed E-state index contributed by atoms with van der Waals surface area (Å²) in [5.41, 5.74) is 3.05. The van der Waals surface area contributed by atoms with E-state index in [9.17, 15) is 5.11 Å². The third-order valence-electron chi connectivity index (χ3n) is 4.08. The molecule has 1 heterocycles. The van der Waals surface area contributed by atoms with Crippen LogP contribution in [0, 0.1) is 31.6 Å². The zero-order valence-corrected chi connectivity index (χ0v) is 12.0. The maximum atomic E-state index is 10.6. The summed E-state index contributed by atoms with van der Waals surface area (Å²) in [6.07, 6.45) is 3.15. The van der Waals surface area contributed by atoms with Crippen LogP contribution < -0.4 is 0 Å². The van der Waals surface area contributed by atoms with Gasteiger partial charge in [0.25, 0.3) is 0 Å². The Kier molecular flexibility index (Phi) is 4.06. The molecule has 1 saturated carbocycles. The number of rotatable bonds is 2. The van der Waals surface area contributed by atoms with Gasteiger partial charge < -0.3 is 5.11 Å². The molecule has 1 aliphatic rings. The highest BCUT2D eigenvalue weighted by atomic mass is 16.3. The third kappa shape index (κ3) is 3.11. The highest BCUT2D eigenvalue weighted by Gasteiger charge is 2.30. The standard InChI is InChI=1S/C16H25NO/c1-10-5-11(2)8-14(7-10)16(18)15-9-12(3)6-13(4)17-15/h6,9-11,14,16,18H,5,7-8H2,1-4H3. The topological polar surface area (TPSA) is 33.1 Å². The van der Waals surface area contributed by atoms with Gasteiger partial charge in [-0.1, -0.05) is 13.8 Å². The summed E-state index contributed by atoms with van der Waals surface area (Å²) in [5.74, 6) is 1.82. The van der Waals surface area contributed by atoms with E-state index >= 15 is 0 Å². The average molecular weight is 247 g/mol. The maximum absolute atomic E-state index is 10.6. The summed E-state index contributed by atoms with van der Waals surface area (Å²) in [6, 6.07) is 4.09. The predicted octanol–water partition coefficient (Wildman–Crippen LogP) is 3.80. The molecule has 0 amide bonds. The van der Waals surface area contributed by atoms with Gasteiger partial charge in [-0.2, -0.15) is 0 Å². The van der Waals surface area contributed by atoms with E-state index in [1.165, 1.54) is 12.0 Å². The lowest BCUT2D eigenvalue weighted by molar-refractivity contribution is 0.0520. The highest BCUT2D eigenvalue weighted by Crippen LogP contribution is 2.39. The van der Waals surface area contributed by atoms with Crippen molar-refractivity contribution in [1.29, 1.82) is 0 Å². The van der Waals surface area contributed by atoms with Gasteiger partial charge in [-0.15, -0.1) is 0 Å². The van der Waals surface area contributed by atoms with Gasteiger partial charge in [0.15, 0.2) is 0 Å². The first kappa shape index (κ1) is 13.5. The second-order valence-electron chi connectivity index (χ2n) is 6.33. The van der Waals surface area contributed by atoms with E-state index in [0.717, 1.165) is 36.1 Å². The van der Waals surface area contributed by atoms with Crippen molar-refractivity contribution in [2.24, 2.45) is 17.8 Å². The van der Waals surface area contributed by atoms with Crippen molar-refractivity contribution in [2.45, 2.75) is 53.1 Å². The molecule has 2 rings (SSSR count). The summed E-state index contributed by atoms with van der Waals surface area (Å²) in [6.45, 7) is 8.65. The van der Waals surface area contributed by atoms with Crippen LogP contribution in [0.15, 0.2) is 12.1 Å². The molecule has 0 spiro atoms. The Morgan fingerprint density at radius 3 is 2.28 bits per heavy atom. The minimum absolute atomic E-state index is 0.373. The number of nitrogens with zero attached hydrogens (tertiary/aromatic N) is 1. The molecule has 2 nitrogen and oxygen atoms in total. The lowest BCUT2D eigenvalue weighted by atomic mass is 9.74. The first-order valence-corrected chi connectivity index (χ1v) is 7.09. The molecule has 1 N–H and O–H groups in total. The molecule has 100 valence electrons. The SMILES string of the molecule is Cc1cc(C)nc(C(O)C2CC(C)CC(C)C2)c1. The predicted molar refractivity (Wildman–Crippen MR) is 74.3 cm³/mol. The van der Waals surface area contributed by atoms with Crippen LogP contribution in [0.1, 0.15) is 56.2 Å². The maximum Gasteiger partial charge on any atom is 0.0988 e. The van der Waals surface area contributed by atoms with E-state index in [0.29, 0.717) is 5.92 Å². The average Bonchev–Trinajstić information content (AvgIpc) is 2.25. The van der Waals surface area contributed by atoms with Crippen molar-refractivity contribution >= 4 is 0 Å². The fourth-order valence-corrected chi connectivity index (χ4v) is 3.53. The largest absolute Gasteiger partial charge is 0.387 e. The summed E-state index contributed by atoms with van der Waals surface area (Å²) < 4.78 is 0. The van der Waals surface area contributed by atoms with Crippen LogP contribution in [0.3, 0.4) is 0 Å². The Labute approximate surface area is 110 Å². The van der Waals surface area contributed by atoms with E-state index in [4.69, 9.17) is 0 Å². The molecule has 18 heavy (non-hydrogen) atoms. The fourth-order valence-electron chi connectivity index (χ4n) is 3.53. The molecule has 2 heteroatoms. The number of hydrogen-bond acceptors (Lipinski definition) is 2. The van der Waals surface area contributed by atoms with E-state index in [1.54, 1.807) is 0 Å². The number of aryl methyl sites for hydroxylation is 2. The van der Waals surface area contributed by atoms with Crippen molar-refractivity contribution < 1.29 is 5.11 Å². The van der Waals surface area contributed by atoms with Crippen LogP contribution in [0.4, 0.5) is 0 Å². The van der Waals surface area contributed by atoms with Crippen LogP contribution in [-0.4, -0.2) is 10.1 Å². The second-order valence-corrected chi connectivity index (χ2v) is 6.33. The number of aromatic nitrogens is 1. The molecular formula is C16H25NO. The quantitative estimate of drug-likeness (QED) is 0.862. The molecule has 0 bridgehead atoms. The van der Waals surface area contributed by atoms with Gasteiger partial charge in [-0.05, 0) is 68.6 Å². The van der Waals surface area contributed by atoms with Crippen molar-refractivity contribution in [2.75, 3.05) is 0 Å². The van der Waals surface area contributed by atoms with Crippen molar-refractivity contribution in [3.63, 3.8) is 0 Å². The molecule has 1 aromatic rings. The van der Waals surface area contributed by atoms with Crippen molar-refractivity contribution in [1.82, 2.24) is 4.98 Å². The fraction of sp³-hybridized carbons (Fsp3) is 0.688. The Hall–Kier alpha value is -0.890. The van der Waals surface area contributed by atoms with Crippen molar-refractivity contribution in [3.8, 4) is 0 Å². The Morgan fingerprint density at radius 1 is 1.11 bits per heavy atom. The van der Waals surface area contributed by atoms with Crippen LogP contribution in [0.2, 0.25) is 0 Å². The number of hydrogen-bond donors (Lipinski definition) is 1. The summed E-state index contributed by atoms with van der Waals surface area (Å²) in [5, 5.41) is 10.6. The number of aliphatic hydroxyl groups excluding tert-OH is 1. The number of pyridine rings is 1. The van der Waals surface area contributed by atoms with Crippen LogP contribution >= 0.6 is 0 Å². The van der Waals surface area contributed by atoms with E-state index in [2.05, 4.69) is 31.8 Å². The Morgan fingerprint density at radius 2 is 1.72 bits per heavy atom. The van der Waals surface area contributed by atoms with Crippen LogP contribution in [-0.2, 0) is 0 Å².